The SMILES string of the molecule is CC(C)[C@@H](NC(=O)CCCCCN1C(=O)C=CC1=O)C(=O)N[C@H](C)C(=O)O. The molecule has 0 aromatic heterocycles. The summed E-state index contributed by atoms with van der Waals surface area (Å²) in [5.41, 5.74) is 0. The predicted octanol–water partition coefficient (Wildman–Crippen LogP) is 0.202. The zero-order valence-electron chi connectivity index (χ0n) is 15.9. The lowest BCUT2D eigenvalue weighted by Gasteiger charge is -2.23. The Labute approximate surface area is 158 Å². The van der Waals surface area contributed by atoms with Crippen LogP contribution in [0.1, 0.15) is 46.5 Å². The molecule has 4 amide bonds. The predicted molar refractivity (Wildman–Crippen MR) is 96.3 cm³/mol. The van der Waals surface area contributed by atoms with Gasteiger partial charge in [-0.1, -0.05) is 20.3 Å². The molecule has 27 heavy (non-hydrogen) atoms. The van der Waals surface area contributed by atoms with Gasteiger partial charge in [-0.25, -0.2) is 0 Å². The summed E-state index contributed by atoms with van der Waals surface area (Å²) in [6.07, 6.45) is 4.46. The van der Waals surface area contributed by atoms with Gasteiger partial charge >= 0.3 is 5.97 Å². The summed E-state index contributed by atoms with van der Waals surface area (Å²) in [6, 6.07) is -1.86. The van der Waals surface area contributed by atoms with E-state index in [1.807, 2.05) is 0 Å². The monoisotopic (exact) mass is 381 g/mol. The van der Waals surface area contributed by atoms with E-state index in [1.54, 1.807) is 13.8 Å². The Hall–Kier alpha value is -2.71. The number of rotatable bonds is 11. The summed E-state index contributed by atoms with van der Waals surface area (Å²) >= 11 is 0. The quantitative estimate of drug-likeness (QED) is 0.346. The van der Waals surface area contributed by atoms with Crippen LogP contribution in [0, 0.1) is 5.92 Å². The molecule has 9 nitrogen and oxygen atoms in total. The summed E-state index contributed by atoms with van der Waals surface area (Å²) in [5.74, 6) is -2.83. The number of carbonyl (C=O) groups is 5. The molecular weight excluding hydrogens is 354 g/mol. The summed E-state index contributed by atoms with van der Waals surface area (Å²) in [5, 5.41) is 13.8. The Kier molecular flexibility index (Phi) is 8.64. The molecule has 0 aromatic carbocycles. The number of carboxylic acid groups (broad SMARTS) is 1. The third-order valence-corrected chi connectivity index (χ3v) is 4.18. The molecule has 3 N–H and O–H groups in total. The van der Waals surface area contributed by atoms with Crippen LogP contribution in [0.4, 0.5) is 0 Å². The first-order valence-corrected chi connectivity index (χ1v) is 8.99. The molecule has 0 unspecified atom stereocenters. The van der Waals surface area contributed by atoms with Gasteiger partial charge in [-0.05, 0) is 25.7 Å². The van der Waals surface area contributed by atoms with Crippen molar-refractivity contribution >= 4 is 29.6 Å². The lowest BCUT2D eigenvalue weighted by Crippen LogP contribution is -2.53. The standard InChI is InChI=1S/C18H27N3O6/c1-11(2)16(17(25)19-12(3)18(26)27)20-13(22)7-5-4-6-10-21-14(23)8-9-15(21)24/h8-9,11-12,16H,4-7,10H2,1-3H3,(H,19,25)(H,20,22)(H,26,27)/t12-,16-/m1/s1. The summed E-state index contributed by atoms with van der Waals surface area (Å²) < 4.78 is 0. The Morgan fingerprint density at radius 3 is 2.11 bits per heavy atom. The van der Waals surface area contributed by atoms with E-state index in [0.717, 1.165) is 4.90 Å². The van der Waals surface area contributed by atoms with Crippen LogP contribution in [0.2, 0.25) is 0 Å². The van der Waals surface area contributed by atoms with E-state index in [-0.39, 0.29) is 30.1 Å². The van der Waals surface area contributed by atoms with Gasteiger partial charge in [-0.3, -0.25) is 28.9 Å². The van der Waals surface area contributed by atoms with E-state index in [0.29, 0.717) is 25.8 Å². The fourth-order valence-electron chi connectivity index (χ4n) is 2.53. The molecule has 150 valence electrons. The highest BCUT2D eigenvalue weighted by atomic mass is 16.4. The highest BCUT2D eigenvalue weighted by molar-refractivity contribution is 6.12. The van der Waals surface area contributed by atoms with E-state index in [9.17, 15) is 24.0 Å². The van der Waals surface area contributed by atoms with Gasteiger partial charge in [0.2, 0.25) is 11.8 Å². The number of carbonyl (C=O) groups excluding carboxylic acids is 4. The maximum absolute atomic E-state index is 12.2. The fraction of sp³-hybridized carbons (Fsp3) is 0.611. The first-order valence-electron chi connectivity index (χ1n) is 8.99. The molecule has 0 bridgehead atoms. The van der Waals surface area contributed by atoms with Gasteiger partial charge in [0.25, 0.3) is 11.8 Å². The molecule has 0 fully saturated rings. The average Bonchev–Trinajstić information content (AvgIpc) is 2.90. The van der Waals surface area contributed by atoms with Gasteiger partial charge < -0.3 is 15.7 Å². The first-order chi connectivity index (χ1) is 12.6. The average molecular weight is 381 g/mol. The minimum Gasteiger partial charge on any atom is -0.480 e. The zero-order chi connectivity index (χ0) is 20.6. The van der Waals surface area contributed by atoms with Crippen LogP contribution in [0.15, 0.2) is 12.2 Å². The largest absolute Gasteiger partial charge is 0.480 e. The molecule has 0 saturated heterocycles. The third kappa shape index (κ3) is 7.20. The normalized spacial score (nSPS) is 15.8. The molecule has 1 aliphatic rings. The summed E-state index contributed by atoms with van der Waals surface area (Å²) in [6.45, 7) is 5.18. The minimum atomic E-state index is -1.15. The number of amides is 4. The number of hydrogen-bond donors (Lipinski definition) is 3. The fourth-order valence-corrected chi connectivity index (χ4v) is 2.53. The minimum absolute atomic E-state index is 0.199. The molecule has 0 saturated carbocycles. The maximum atomic E-state index is 12.2. The van der Waals surface area contributed by atoms with Crippen molar-refractivity contribution in [3.8, 4) is 0 Å². The van der Waals surface area contributed by atoms with Gasteiger partial charge in [0.05, 0.1) is 0 Å². The molecule has 0 radical (unpaired) electrons. The number of unbranched alkanes of at least 4 members (excludes halogenated alkanes) is 2. The summed E-state index contributed by atoms with van der Waals surface area (Å²) in [4.78, 5) is 59.0. The second kappa shape index (κ2) is 10.4. The van der Waals surface area contributed by atoms with Crippen LogP contribution in [0.25, 0.3) is 0 Å². The first kappa shape index (κ1) is 22.3. The smallest absolute Gasteiger partial charge is 0.325 e. The van der Waals surface area contributed by atoms with Crippen molar-refractivity contribution in [2.75, 3.05) is 6.54 Å². The molecule has 1 aliphatic heterocycles. The Bertz CT molecular complexity index is 611. The summed E-state index contributed by atoms with van der Waals surface area (Å²) in [7, 11) is 0. The molecule has 2 atom stereocenters. The highest BCUT2D eigenvalue weighted by Gasteiger charge is 2.26. The topological polar surface area (TPSA) is 133 Å². The maximum Gasteiger partial charge on any atom is 0.325 e. The van der Waals surface area contributed by atoms with Crippen LogP contribution in [0.3, 0.4) is 0 Å². The number of nitrogens with one attached hydrogen (secondary N) is 2. The highest BCUT2D eigenvalue weighted by Crippen LogP contribution is 2.08. The van der Waals surface area contributed by atoms with Crippen LogP contribution in [-0.4, -0.2) is 58.2 Å². The van der Waals surface area contributed by atoms with Gasteiger partial charge in [-0.2, -0.15) is 0 Å². The lowest BCUT2D eigenvalue weighted by atomic mass is 10.0. The van der Waals surface area contributed by atoms with Crippen LogP contribution >= 0.6 is 0 Å². The van der Waals surface area contributed by atoms with Crippen LogP contribution < -0.4 is 10.6 Å². The Balaban J connectivity index is 2.33. The second-order valence-corrected chi connectivity index (χ2v) is 6.83. The number of carboxylic acids is 1. The molecular formula is C18H27N3O6. The van der Waals surface area contributed by atoms with Crippen LogP contribution in [-0.2, 0) is 24.0 Å². The molecule has 9 heteroatoms. The van der Waals surface area contributed by atoms with E-state index in [1.165, 1.54) is 19.1 Å². The zero-order valence-corrected chi connectivity index (χ0v) is 15.9. The van der Waals surface area contributed by atoms with Gasteiger partial charge in [-0.15, -0.1) is 0 Å². The van der Waals surface area contributed by atoms with Crippen molar-refractivity contribution in [2.24, 2.45) is 5.92 Å². The molecule has 1 heterocycles. The molecule has 0 aromatic rings. The van der Waals surface area contributed by atoms with Crippen molar-refractivity contribution in [3.63, 3.8) is 0 Å². The van der Waals surface area contributed by atoms with Gasteiger partial charge in [0, 0.05) is 25.1 Å². The van der Waals surface area contributed by atoms with Gasteiger partial charge in [0.1, 0.15) is 12.1 Å². The van der Waals surface area contributed by atoms with Crippen molar-refractivity contribution in [1.29, 1.82) is 0 Å². The lowest BCUT2D eigenvalue weighted by molar-refractivity contribution is -0.142. The van der Waals surface area contributed by atoms with Crippen molar-refractivity contribution in [2.45, 2.75) is 58.5 Å². The second-order valence-electron chi connectivity index (χ2n) is 6.83. The molecule has 0 spiro atoms. The Morgan fingerprint density at radius 2 is 1.59 bits per heavy atom. The van der Waals surface area contributed by atoms with Crippen molar-refractivity contribution in [3.05, 3.63) is 12.2 Å². The third-order valence-electron chi connectivity index (χ3n) is 4.18. The van der Waals surface area contributed by atoms with E-state index in [2.05, 4.69) is 10.6 Å². The molecule has 1 rings (SSSR count). The van der Waals surface area contributed by atoms with E-state index < -0.39 is 24.0 Å². The van der Waals surface area contributed by atoms with Gasteiger partial charge in [0.15, 0.2) is 0 Å². The van der Waals surface area contributed by atoms with Crippen molar-refractivity contribution in [1.82, 2.24) is 15.5 Å². The molecule has 0 aliphatic carbocycles. The number of hydrogen-bond acceptors (Lipinski definition) is 5. The number of nitrogens with zero attached hydrogens (tertiary/aromatic N) is 1. The van der Waals surface area contributed by atoms with E-state index in [4.69, 9.17) is 5.11 Å². The van der Waals surface area contributed by atoms with Crippen LogP contribution in [0.5, 0.6) is 0 Å². The Morgan fingerprint density at radius 1 is 1.00 bits per heavy atom. The number of imide groups is 1. The van der Waals surface area contributed by atoms with Crippen molar-refractivity contribution < 1.29 is 29.1 Å². The number of aliphatic carboxylic acids is 1. The van der Waals surface area contributed by atoms with E-state index >= 15 is 0 Å².